The topological polar surface area (TPSA) is 92.4 Å². The Morgan fingerprint density at radius 2 is 1.97 bits per heavy atom. The molecule has 3 heterocycles. The van der Waals surface area contributed by atoms with E-state index in [4.69, 9.17) is 10.1 Å². The molecule has 1 fully saturated rings. The third kappa shape index (κ3) is 3.79. The third-order valence-corrected chi connectivity index (χ3v) is 6.77. The van der Waals surface area contributed by atoms with Crippen LogP contribution in [0.2, 0.25) is 0 Å². The first-order valence-electron chi connectivity index (χ1n) is 11.7. The van der Waals surface area contributed by atoms with E-state index in [0.29, 0.717) is 18.7 Å². The minimum Gasteiger partial charge on any atom is -0.465 e. The standard InChI is InChI=1S/C26H29N5O3/c1-4-31-22-12-16(2)7-8-17(22)14-23(31)24-28-20-13-18(9-10-21(20)29(24)3)25(32)30-11-5-6-19(15-30)27-26(33)34/h7-10,12-14,19,27H,4-6,11,15H2,1-3H3,(H,33,34). The SMILES string of the molecule is CCn1c(-c2nc3cc(C(=O)N4CCCC(NC(=O)O)C4)ccc3n2C)cc2ccc(C)cc21. The molecule has 2 amide bonds. The van der Waals surface area contributed by atoms with E-state index in [-0.39, 0.29) is 11.9 Å². The van der Waals surface area contributed by atoms with Crippen LogP contribution in [0.25, 0.3) is 33.5 Å². The summed E-state index contributed by atoms with van der Waals surface area (Å²) in [5.41, 5.74) is 5.76. The number of aromatic nitrogens is 3. The molecule has 34 heavy (non-hydrogen) atoms. The lowest BCUT2D eigenvalue weighted by atomic mass is 10.0. The van der Waals surface area contributed by atoms with Crippen LogP contribution < -0.4 is 5.32 Å². The van der Waals surface area contributed by atoms with Crippen LogP contribution in [0.15, 0.2) is 42.5 Å². The van der Waals surface area contributed by atoms with Crippen molar-refractivity contribution in [2.75, 3.05) is 13.1 Å². The van der Waals surface area contributed by atoms with Crippen LogP contribution in [0.4, 0.5) is 4.79 Å². The smallest absolute Gasteiger partial charge is 0.404 e. The minimum atomic E-state index is -1.05. The predicted molar refractivity (Wildman–Crippen MR) is 132 cm³/mol. The Labute approximate surface area is 197 Å². The van der Waals surface area contributed by atoms with Gasteiger partial charge >= 0.3 is 6.09 Å². The summed E-state index contributed by atoms with van der Waals surface area (Å²) in [7, 11) is 2.00. The van der Waals surface area contributed by atoms with Gasteiger partial charge in [0, 0.05) is 49.2 Å². The summed E-state index contributed by atoms with van der Waals surface area (Å²) in [5, 5.41) is 12.7. The van der Waals surface area contributed by atoms with Gasteiger partial charge in [0.2, 0.25) is 0 Å². The second kappa shape index (κ2) is 8.52. The number of hydrogen-bond acceptors (Lipinski definition) is 3. The number of carbonyl (C=O) groups excluding carboxylic acids is 1. The highest BCUT2D eigenvalue weighted by molar-refractivity contribution is 5.98. The van der Waals surface area contributed by atoms with Crippen molar-refractivity contribution in [2.45, 2.75) is 39.3 Å². The molecule has 0 aliphatic carbocycles. The molecule has 2 aromatic heterocycles. The van der Waals surface area contributed by atoms with Gasteiger partial charge in [-0.3, -0.25) is 4.79 Å². The molecule has 1 saturated heterocycles. The van der Waals surface area contributed by atoms with Gasteiger partial charge in [-0.15, -0.1) is 0 Å². The van der Waals surface area contributed by atoms with Crippen molar-refractivity contribution in [2.24, 2.45) is 7.05 Å². The second-order valence-corrected chi connectivity index (χ2v) is 9.07. The summed E-state index contributed by atoms with van der Waals surface area (Å²) in [4.78, 5) is 30.9. The lowest BCUT2D eigenvalue weighted by molar-refractivity contribution is 0.0692. The lowest BCUT2D eigenvalue weighted by Crippen LogP contribution is -2.49. The fourth-order valence-electron chi connectivity index (χ4n) is 5.09. The molecule has 176 valence electrons. The van der Waals surface area contributed by atoms with Crippen LogP contribution in [-0.2, 0) is 13.6 Å². The van der Waals surface area contributed by atoms with Crippen LogP contribution in [0.1, 0.15) is 35.7 Å². The molecule has 1 aliphatic rings. The fraction of sp³-hybridized carbons (Fsp3) is 0.346. The number of aryl methyl sites for hydroxylation is 3. The van der Waals surface area contributed by atoms with E-state index in [2.05, 4.69) is 52.6 Å². The van der Waals surface area contributed by atoms with Crippen molar-refractivity contribution in [3.63, 3.8) is 0 Å². The molecule has 5 rings (SSSR count). The van der Waals surface area contributed by atoms with Gasteiger partial charge in [-0.05, 0) is 62.6 Å². The maximum atomic E-state index is 13.2. The van der Waals surface area contributed by atoms with Gasteiger partial charge in [0.1, 0.15) is 0 Å². The zero-order valence-electron chi connectivity index (χ0n) is 19.7. The van der Waals surface area contributed by atoms with Gasteiger partial charge in [0.05, 0.1) is 16.7 Å². The summed E-state index contributed by atoms with van der Waals surface area (Å²) in [6.07, 6.45) is 0.457. The Morgan fingerprint density at radius 1 is 1.15 bits per heavy atom. The number of imidazole rings is 1. The Hall–Kier alpha value is -3.81. The van der Waals surface area contributed by atoms with Gasteiger partial charge in [-0.2, -0.15) is 0 Å². The molecular formula is C26H29N5O3. The number of piperidine rings is 1. The summed E-state index contributed by atoms with van der Waals surface area (Å²) < 4.78 is 4.35. The molecule has 1 unspecified atom stereocenters. The number of benzene rings is 2. The molecule has 8 heteroatoms. The highest BCUT2D eigenvalue weighted by Crippen LogP contribution is 2.31. The Balaban J connectivity index is 1.50. The number of likely N-dealkylation sites (tertiary alicyclic amines) is 1. The number of fused-ring (bicyclic) bond motifs is 2. The number of carbonyl (C=O) groups is 2. The molecule has 2 N–H and O–H groups in total. The second-order valence-electron chi connectivity index (χ2n) is 9.07. The molecular weight excluding hydrogens is 430 g/mol. The van der Waals surface area contributed by atoms with Crippen molar-refractivity contribution < 1.29 is 14.7 Å². The maximum absolute atomic E-state index is 13.2. The van der Waals surface area contributed by atoms with Crippen LogP contribution in [0, 0.1) is 6.92 Å². The number of hydrogen-bond donors (Lipinski definition) is 2. The summed E-state index contributed by atoms with van der Waals surface area (Å²) in [5.74, 6) is 0.767. The average Bonchev–Trinajstić information content (AvgIpc) is 3.34. The number of nitrogens with zero attached hydrogens (tertiary/aromatic N) is 4. The number of amides is 2. The Bertz CT molecular complexity index is 1420. The van der Waals surface area contributed by atoms with Crippen molar-refractivity contribution >= 4 is 33.9 Å². The molecule has 0 saturated carbocycles. The van der Waals surface area contributed by atoms with Crippen molar-refractivity contribution in [3.8, 4) is 11.5 Å². The van der Waals surface area contributed by atoms with Crippen LogP contribution in [0.3, 0.4) is 0 Å². The molecule has 1 aliphatic heterocycles. The van der Waals surface area contributed by atoms with Gasteiger partial charge in [-0.25, -0.2) is 9.78 Å². The van der Waals surface area contributed by atoms with Gasteiger partial charge < -0.3 is 24.5 Å². The zero-order chi connectivity index (χ0) is 24.0. The highest BCUT2D eigenvalue weighted by atomic mass is 16.4. The normalized spacial score (nSPS) is 16.3. The monoisotopic (exact) mass is 459 g/mol. The average molecular weight is 460 g/mol. The summed E-state index contributed by atoms with van der Waals surface area (Å²) >= 11 is 0. The van der Waals surface area contributed by atoms with E-state index in [1.165, 1.54) is 16.5 Å². The summed E-state index contributed by atoms with van der Waals surface area (Å²) in [6, 6.07) is 14.0. The van der Waals surface area contributed by atoms with E-state index >= 15 is 0 Å². The molecule has 0 bridgehead atoms. The van der Waals surface area contributed by atoms with Crippen molar-refractivity contribution in [1.29, 1.82) is 0 Å². The van der Waals surface area contributed by atoms with E-state index < -0.39 is 6.09 Å². The minimum absolute atomic E-state index is 0.0934. The molecule has 0 spiro atoms. The largest absolute Gasteiger partial charge is 0.465 e. The van der Waals surface area contributed by atoms with E-state index in [1.54, 1.807) is 4.90 Å². The van der Waals surface area contributed by atoms with Gasteiger partial charge in [0.25, 0.3) is 5.91 Å². The summed E-state index contributed by atoms with van der Waals surface area (Å²) in [6.45, 7) is 6.07. The van der Waals surface area contributed by atoms with Gasteiger partial charge in [0.15, 0.2) is 5.82 Å². The molecule has 1 atom stereocenters. The first-order chi connectivity index (χ1) is 16.4. The third-order valence-electron chi connectivity index (χ3n) is 6.77. The molecule has 4 aromatic rings. The Kier molecular flexibility index (Phi) is 5.51. The molecule has 2 aromatic carbocycles. The first kappa shape index (κ1) is 22.0. The van der Waals surface area contributed by atoms with E-state index in [9.17, 15) is 9.59 Å². The number of rotatable bonds is 4. The van der Waals surface area contributed by atoms with E-state index in [1.807, 2.05) is 25.2 Å². The van der Waals surface area contributed by atoms with Crippen LogP contribution in [0.5, 0.6) is 0 Å². The molecule has 0 radical (unpaired) electrons. The molecule has 8 nitrogen and oxygen atoms in total. The predicted octanol–water partition coefficient (Wildman–Crippen LogP) is 4.40. The van der Waals surface area contributed by atoms with Gasteiger partial charge in [-0.1, -0.05) is 12.1 Å². The fourth-order valence-corrected chi connectivity index (χ4v) is 5.09. The van der Waals surface area contributed by atoms with Crippen molar-refractivity contribution in [1.82, 2.24) is 24.3 Å². The quantitative estimate of drug-likeness (QED) is 0.473. The van der Waals surface area contributed by atoms with Crippen molar-refractivity contribution in [3.05, 3.63) is 53.6 Å². The number of nitrogens with one attached hydrogen (secondary N) is 1. The first-order valence-corrected chi connectivity index (χ1v) is 11.7. The highest BCUT2D eigenvalue weighted by Gasteiger charge is 2.26. The zero-order valence-corrected chi connectivity index (χ0v) is 19.7. The van der Waals surface area contributed by atoms with Crippen LogP contribution >= 0.6 is 0 Å². The Morgan fingerprint density at radius 3 is 2.74 bits per heavy atom. The van der Waals surface area contributed by atoms with E-state index in [0.717, 1.165) is 41.9 Å². The number of carboxylic acid groups (broad SMARTS) is 1. The maximum Gasteiger partial charge on any atom is 0.404 e. The lowest BCUT2D eigenvalue weighted by Gasteiger charge is -2.32. The van der Waals surface area contributed by atoms with Crippen LogP contribution in [-0.4, -0.2) is 55.3 Å².